The summed E-state index contributed by atoms with van der Waals surface area (Å²) in [5, 5.41) is 1.12. The summed E-state index contributed by atoms with van der Waals surface area (Å²) in [5.74, 6) is -0.0675. The molecule has 5 heteroatoms. The number of rotatable bonds is 3. The first-order chi connectivity index (χ1) is 9.76. The van der Waals surface area contributed by atoms with E-state index in [0.29, 0.717) is 0 Å². The fourth-order valence-corrected chi connectivity index (χ4v) is 3.75. The van der Waals surface area contributed by atoms with Gasteiger partial charge in [-0.25, -0.2) is 4.98 Å². The molecule has 106 valence electrons. The standard InChI is InChI=1S/C15H18N2O2S/c1-19-15(18)11-5-4-8-17(9-11)10-14-16-12-6-2-3-7-13(12)20-14/h2-3,6-7,11H,4-5,8-10H2,1H3. The monoisotopic (exact) mass is 290 g/mol. The zero-order valence-electron chi connectivity index (χ0n) is 11.5. The fraction of sp³-hybridized carbons (Fsp3) is 0.467. The van der Waals surface area contributed by atoms with Gasteiger partial charge in [0.1, 0.15) is 5.01 Å². The molecule has 1 aliphatic heterocycles. The number of ether oxygens (including phenoxy) is 1. The van der Waals surface area contributed by atoms with Gasteiger partial charge in [0.15, 0.2) is 0 Å². The van der Waals surface area contributed by atoms with Gasteiger partial charge in [0, 0.05) is 6.54 Å². The summed E-state index contributed by atoms with van der Waals surface area (Å²) in [5.41, 5.74) is 1.06. The summed E-state index contributed by atoms with van der Waals surface area (Å²) in [6.45, 7) is 2.64. The first-order valence-corrected chi connectivity index (χ1v) is 7.72. The number of hydrogen-bond donors (Lipinski definition) is 0. The van der Waals surface area contributed by atoms with Crippen LogP contribution >= 0.6 is 11.3 Å². The van der Waals surface area contributed by atoms with E-state index in [4.69, 9.17) is 4.74 Å². The molecule has 4 nitrogen and oxygen atoms in total. The minimum Gasteiger partial charge on any atom is -0.469 e. The van der Waals surface area contributed by atoms with E-state index < -0.39 is 0 Å². The van der Waals surface area contributed by atoms with Gasteiger partial charge in [0.2, 0.25) is 0 Å². The predicted octanol–water partition coefficient (Wildman–Crippen LogP) is 2.68. The summed E-state index contributed by atoms with van der Waals surface area (Å²) in [6, 6.07) is 8.20. The van der Waals surface area contributed by atoms with Gasteiger partial charge >= 0.3 is 5.97 Å². The Labute approximate surface area is 122 Å². The van der Waals surface area contributed by atoms with Gasteiger partial charge in [-0.05, 0) is 31.5 Å². The average molecular weight is 290 g/mol. The summed E-state index contributed by atoms with van der Waals surface area (Å²) >= 11 is 1.74. The first-order valence-electron chi connectivity index (χ1n) is 6.91. The van der Waals surface area contributed by atoms with Crippen molar-refractivity contribution < 1.29 is 9.53 Å². The molecule has 3 rings (SSSR count). The van der Waals surface area contributed by atoms with Crippen LogP contribution in [0.2, 0.25) is 0 Å². The molecule has 1 atom stereocenters. The molecule has 1 saturated heterocycles. The lowest BCUT2D eigenvalue weighted by atomic mass is 9.98. The van der Waals surface area contributed by atoms with Crippen LogP contribution in [0.4, 0.5) is 0 Å². The number of likely N-dealkylation sites (tertiary alicyclic amines) is 1. The second-order valence-corrected chi connectivity index (χ2v) is 6.29. The van der Waals surface area contributed by atoms with E-state index in [-0.39, 0.29) is 11.9 Å². The number of esters is 1. The van der Waals surface area contributed by atoms with Crippen molar-refractivity contribution in [2.24, 2.45) is 5.92 Å². The highest BCUT2D eigenvalue weighted by molar-refractivity contribution is 7.18. The second-order valence-electron chi connectivity index (χ2n) is 5.17. The molecule has 0 spiro atoms. The third kappa shape index (κ3) is 2.83. The number of thiazole rings is 1. The third-order valence-electron chi connectivity index (χ3n) is 3.74. The van der Waals surface area contributed by atoms with E-state index in [1.54, 1.807) is 11.3 Å². The van der Waals surface area contributed by atoms with E-state index >= 15 is 0 Å². The van der Waals surface area contributed by atoms with Gasteiger partial charge in [0.25, 0.3) is 0 Å². The Hall–Kier alpha value is -1.46. The Morgan fingerprint density at radius 3 is 3.15 bits per heavy atom. The fourth-order valence-electron chi connectivity index (χ4n) is 2.74. The second kappa shape index (κ2) is 5.89. The number of nitrogens with zero attached hydrogens (tertiary/aromatic N) is 2. The van der Waals surface area contributed by atoms with Crippen molar-refractivity contribution in [3.05, 3.63) is 29.3 Å². The summed E-state index contributed by atoms with van der Waals surface area (Å²) in [6.07, 6.45) is 1.98. The molecule has 1 aromatic carbocycles. The topological polar surface area (TPSA) is 42.4 Å². The minimum absolute atomic E-state index is 0.0168. The molecule has 0 N–H and O–H groups in total. The lowest BCUT2D eigenvalue weighted by Crippen LogP contribution is -2.38. The zero-order chi connectivity index (χ0) is 13.9. The van der Waals surface area contributed by atoms with Crippen LogP contribution in [-0.4, -0.2) is 36.1 Å². The van der Waals surface area contributed by atoms with Gasteiger partial charge < -0.3 is 4.74 Å². The number of piperidine rings is 1. The molecular weight excluding hydrogens is 272 g/mol. The maximum Gasteiger partial charge on any atom is 0.309 e. The van der Waals surface area contributed by atoms with E-state index in [2.05, 4.69) is 16.0 Å². The number of methoxy groups -OCH3 is 1. The summed E-state index contributed by atoms with van der Waals surface area (Å²) in [4.78, 5) is 18.6. The van der Waals surface area contributed by atoms with Crippen molar-refractivity contribution in [2.45, 2.75) is 19.4 Å². The number of aromatic nitrogens is 1. The van der Waals surface area contributed by atoms with Crippen molar-refractivity contribution in [1.29, 1.82) is 0 Å². The van der Waals surface area contributed by atoms with Gasteiger partial charge in [-0.1, -0.05) is 12.1 Å². The van der Waals surface area contributed by atoms with Gasteiger partial charge in [-0.2, -0.15) is 0 Å². The molecule has 1 aliphatic rings. The van der Waals surface area contributed by atoms with Crippen LogP contribution in [-0.2, 0) is 16.1 Å². The van der Waals surface area contributed by atoms with E-state index in [1.807, 2.05) is 18.2 Å². The minimum atomic E-state index is -0.0843. The van der Waals surface area contributed by atoms with E-state index in [0.717, 1.165) is 43.0 Å². The van der Waals surface area contributed by atoms with Crippen LogP contribution in [0.1, 0.15) is 17.8 Å². The van der Waals surface area contributed by atoms with Crippen molar-refractivity contribution in [3.8, 4) is 0 Å². The van der Waals surface area contributed by atoms with Crippen molar-refractivity contribution >= 4 is 27.5 Å². The van der Waals surface area contributed by atoms with Crippen LogP contribution in [0.5, 0.6) is 0 Å². The Balaban J connectivity index is 1.69. The molecule has 1 fully saturated rings. The highest BCUT2D eigenvalue weighted by Crippen LogP contribution is 2.25. The Kier molecular flexibility index (Phi) is 3.98. The van der Waals surface area contributed by atoms with Crippen molar-refractivity contribution in [3.63, 3.8) is 0 Å². The third-order valence-corrected chi connectivity index (χ3v) is 4.76. The van der Waals surface area contributed by atoms with Crippen LogP contribution in [0.25, 0.3) is 10.2 Å². The number of para-hydroxylation sites is 1. The number of carbonyl (C=O) groups excluding carboxylic acids is 1. The highest BCUT2D eigenvalue weighted by atomic mass is 32.1. The molecular formula is C15H18N2O2S. The summed E-state index contributed by atoms with van der Waals surface area (Å²) < 4.78 is 6.08. The van der Waals surface area contributed by atoms with Crippen LogP contribution in [0.15, 0.2) is 24.3 Å². The van der Waals surface area contributed by atoms with Crippen LogP contribution < -0.4 is 0 Å². The van der Waals surface area contributed by atoms with Crippen LogP contribution in [0.3, 0.4) is 0 Å². The van der Waals surface area contributed by atoms with Crippen molar-refractivity contribution in [2.75, 3.05) is 20.2 Å². The number of fused-ring (bicyclic) bond motifs is 1. The number of benzene rings is 1. The molecule has 2 aromatic rings. The van der Waals surface area contributed by atoms with Gasteiger partial charge in [-0.3, -0.25) is 9.69 Å². The molecule has 0 saturated carbocycles. The smallest absolute Gasteiger partial charge is 0.309 e. The number of carbonyl (C=O) groups is 1. The van der Waals surface area contributed by atoms with Crippen LogP contribution in [0, 0.1) is 5.92 Å². The molecule has 1 unspecified atom stereocenters. The molecule has 0 radical (unpaired) electrons. The highest BCUT2D eigenvalue weighted by Gasteiger charge is 2.26. The maximum atomic E-state index is 11.6. The quantitative estimate of drug-likeness (QED) is 0.815. The Bertz CT molecular complexity index is 578. The van der Waals surface area contributed by atoms with E-state index in [9.17, 15) is 4.79 Å². The lowest BCUT2D eigenvalue weighted by Gasteiger charge is -2.30. The van der Waals surface area contributed by atoms with Gasteiger partial charge in [-0.15, -0.1) is 11.3 Å². The first kappa shape index (κ1) is 13.5. The Morgan fingerprint density at radius 1 is 1.50 bits per heavy atom. The molecule has 0 aliphatic carbocycles. The van der Waals surface area contributed by atoms with E-state index in [1.165, 1.54) is 11.8 Å². The zero-order valence-corrected chi connectivity index (χ0v) is 12.4. The predicted molar refractivity (Wildman–Crippen MR) is 79.6 cm³/mol. The Morgan fingerprint density at radius 2 is 2.35 bits per heavy atom. The maximum absolute atomic E-state index is 11.6. The normalized spacial score (nSPS) is 20.1. The molecule has 0 amide bonds. The largest absolute Gasteiger partial charge is 0.469 e. The molecule has 20 heavy (non-hydrogen) atoms. The van der Waals surface area contributed by atoms with Gasteiger partial charge in [0.05, 0.1) is 29.8 Å². The molecule has 2 heterocycles. The average Bonchev–Trinajstić information content (AvgIpc) is 2.88. The van der Waals surface area contributed by atoms with Crippen molar-refractivity contribution in [1.82, 2.24) is 9.88 Å². The molecule has 0 bridgehead atoms. The molecule has 1 aromatic heterocycles. The summed E-state index contributed by atoms with van der Waals surface area (Å²) in [7, 11) is 1.47. The SMILES string of the molecule is COC(=O)C1CCCN(Cc2nc3ccccc3s2)C1. The number of hydrogen-bond acceptors (Lipinski definition) is 5. The lowest BCUT2D eigenvalue weighted by molar-refractivity contribution is -0.147.